The van der Waals surface area contributed by atoms with Crippen molar-refractivity contribution in [2.24, 2.45) is 0 Å². The van der Waals surface area contributed by atoms with Gasteiger partial charge in [0.15, 0.2) is 0 Å². The molecule has 2 aromatic heterocycles. The van der Waals surface area contributed by atoms with Crippen molar-refractivity contribution in [1.82, 2.24) is 30.2 Å². The molecule has 2 aliphatic heterocycles. The van der Waals surface area contributed by atoms with Gasteiger partial charge in [-0.1, -0.05) is 48.6 Å². The number of carbonyl (C=O) groups excluding carboxylic acids is 2. The minimum Gasteiger partial charge on any atom is -0.473 e. The van der Waals surface area contributed by atoms with Crippen molar-refractivity contribution in [3.63, 3.8) is 0 Å². The minimum absolute atomic E-state index is 0.0541. The topological polar surface area (TPSA) is 151 Å². The fourth-order valence-electron chi connectivity index (χ4n) is 6.65. The molecule has 0 aliphatic carbocycles. The number of aliphatic hydroxyl groups excluding tert-OH is 1. The van der Waals surface area contributed by atoms with Crippen LogP contribution >= 0.6 is 43.6 Å². The van der Waals surface area contributed by atoms with Crippen molar-refractivity contribution in [3.05, 3.63) is 51.5 Å². The van der Waals surface area contributed by atoms with Crippen LogP contribution in [-0.4, -0.2) is 112 Å². The van der Waals surface area contributed by atoms with Gasteiger partial charge in [-0.2, -0.15) is 11.8 Å². The number of thioether (sulfide) groups is 1. The first kappa shape index (κ1) is 39.0. The number of ketones is 1. The van der Waals surface area contributed by atoms with Gasteiger partial charge in [0.1, 0.15) is 18.5 Å². The maximum Gasteiger partial charge on any atom is 0.315 e. The second kappa shape index (κ2) is 19.6. The van der Waals surface area contributed by atoms with Crippen molar-refractivity contribution in [1.29, 1.82) is 0 Å². The van der Waals surface area contributed by atoms with E-state index >= 15 is 0 Å². The summed E-state index contributed by atoms with van der Waals surface area (Å²) in [6.45, 7) is 3.78. The number of unbranched alkanes of at least 4 members (excludes halogenated alkanes) is 1. The van der Waals surface area contributed by atoms with Crippen molar-refractivity contribution in [2.45, 2.75) is 75.1 Å². The van der Waals surface area contributed by atoms with Crippen LogP contribution in [0.25, 0.3) is 21.8 Å². The first-order valence-electron chi connectivity index (χ1n) is 17.9. The van der Waals surface area contributed by atoms with Gasteiger partial charge in [0.25, 0.3) is 5.88 Å². The Morgan fingerprint density at radius 1 is 0.923 bits per heavy atom. The number of benzene rings is 2. The number of hydrogen-bond donors (Lipinski definition) is 3. The predicted molar refractivity (Wildman–Crippen MR) is 207 cm³/mol. The predicted octanol–water partition coefficient (Wildman–Crippen LogP) is 5.48. The highest BCUT2D eigenvalue weighted by molar-refractivity contribution is 9.10. The highest BCUT2D eigenvalue weighted by Gasteiger charge is 2.42. The molecule has 52 heavy (non-hydrogen) atoms. The molecule has 0 saturated carbocycles. The van der Waals surface area contributed by atoms with E-state index in [0.29, 0.717) is 76.7 Å². The van der Waals surface area contributed by atoms with Gasteiger partial charge in [-0.25, -0.2) is 9.48 Å². The number of rotatable bonds is 23. The van der Waals surface area contributed by atoms with E-state index in [2.05, 4.69) is 81.6 Å². The quantitative estimate of drug-likeness (QED) is 0.0647. The molecule has 2 aromatic carbocycles. The Morgan fingerprint density at radius 2 is 1.60 bits per heavy atom. The zero-order chi connectivity index (χ0) is 36.3. The molecule has 13 nitrogen and oxygen atoms in total. The Labute approximate surface area is 324 Å². The second-order valence-electron chi connectivity index (χ2n) is 13.1. The van der Waals surface area contributed by atoms with Gasteiger partial charge in [-0.05, 0) is 55.7 Å². The molecule has 2 saturated heterocycles. The summed E-state index contributed by atoms with van der Waals surface area (Å²) in [4.78, 5) is 23.7. The molecule has 4 heterocycles. The number of hydrogen-bond acceptors (Lipinski definition) is 10. The third-order valence-corrected chi connectivity index (χ3v) is 11.7. The van der Waals surface area contributed by atoms with Crippen LogP contribution in [0.2, 0.25) is 0 Å². The summed E-state index contributed by atoms with van der Waals surface area (Å²) in [7, 11) is 0. The summed E-state index contributed by atoms with van der Waals surface area (Å²) in [5.41, 5.74) is 2.08. The van der Waals surface area contributed by atoms with E-state index in [1.54, 1.807) is 10.9 Å². The summed E-state index contributed by atoms with van der Waals surface area (Å²) in [6, 6.07) is 12.7. The van der Waals surface area contributed by atoms with Crippen LogP contribution in [0, 0.1) is 0 Å². The van der Waals surface area contributed by atoms with Crippen LogP contribution in [0.15, 0.2) is 51.5 Å². The van der Waals surface area contributed by atoms with E-state index in [9.17, 15) is 14.7 Å². The fourth-order valence-corrected chi connectivity index (χ4v) is 8.92. The first-order chi connectivity index (χ1) is 25.3. The van der Waals surface area contributed by atoms with Gasteiger partial charge in [0.05, 0.1) is 64.4 Å². The number of halogens is 2. The highest BCUT2D eigenvalue weighted by Crippen LogP contribution is 2.34. The average Bonchev–Trinajstić information content (AvgIpc) is 3.90. The van der Waals surface area contributed by atoms with Crippen LogP contribution in [0.3, 0.4) is 0 Å². The smallest absolute Gasteiger partial charge is 0.315 e. The first-order valence-corrected chi connectivity index (χ1v) is 20.5. The Bertz CT molecular complexity index is 1730. The molecule has 4 atom stereocenters. The summed E-state index contributed by atoms with van der Waals surface area (Å²) in [6.07, 6.45) is 5.74. The molecule has 4 aromatic rings. The lowest BCUT2D eigenvalue weighted by molar-refractivity contribution is -0.119. The molecule has 3 N–H and O–H groups in total. The number of Topliss-reactive ketones (excluding diaryl/α,β-unsaturated/α-hetero) is 1. The second-order valence-corrected chi connectivity index (χ2v) is 16.2. The van der Waals surface area contributed by atoms with E-state index in [1.807, 2.05) is 23.9 Å². The van der Waals surface area contributed by atoms with Crippen molar-refractivity contribution in [3.8, 4) is 5.88 Å². The Morgan fingerprint density at radius 3 is 2.33 bits per heavy atom. The van der Waals surface area contributed by atoms with Crippen LogP contribution in [-0.2, 0) is 32.1 Å². The monoisotopic (exact) mass is 864 g/mol. The lowest BCUT2D eigenvalue weighted by atomic mass is 10.0. The molecular formula is C36H46Br2N6O7S. The van der Waals surface area contributed by atoms with Crippen molar-refractivity contribution < 1.29 is 33.6 Å². The number of carbonyl (C=O) groups is 2. The lowest BCUT2D eigenvalue weighted by Gasteiger charge is -2.16. The Balaban J connectivity index is 0.753. The van der Waals surface area contributed by atoms with Gasteiger partial charge >= 0.3 is 6.03 Å². The molecule has 282 valence electrons. The number of aromatic nitrogens is 4. The van der Waals surface area contributed by atoms with Gasteiger partial charge in [0.2, 0.25) is 0 Å². The van der Waals surface area contributed by atoms with Gasteiger partial charge in [-0.3, -0.25) is 4.79 Å². The summed E-state index contributed by atoms with van der Waals surface area (Å²) < 4.78 is 28.3. The third kappa shape index (κ3) is 10.9. The number of ether oxygens (including phenoxy) is 4. The molecule has 2 aliphatic rings. The van der Waals surface area contributed by atoms with Crippen LogP contribution in [0.5, 0.6) is 5.88 Å². The van der Waals surface area contributed by atoms with E-state index in [4.69, 9.17) is 18.9 Å². The molecule has 6 rings (SSSR count). The maximum absolute atomic E-state index is 12.2. The standard InChI is InChI=1S/C36H46Br2N6O7S/c37-24-7-9-31-28(18-24)29-19-25(38)8-10-32(29)44(31)20-27(46)22-51-34-21-43(42-41-34)11-13-49-15-17-50-16-14-48-12-3-5-26(45)4-1-2-6-33-35-30(23-52-33)39-36(47)40-35/h7-10,18-19,21,27,30,33,35,46H,1-6,11-17,20,22-23H2,(H2,39,40,47)/t27?,30-,33-,35-/m0/s1. The SMILES string of the molecule is O=C(CCCC[C@@H]1SC[C@@H]2NC(=O)N[C@@H]21)CCCOCCOCCOCCn1cc(OCC(O)Cn2c3ccc(Br)cc3c3cc(Br)ccc32)nn1. The third-order valence-electron chi connectivity index (χ3n) is 9.21. The molecule has 16 heteroatoms. The van der Waals surface area contributed by atoms with E-state index in [0.717, 1.165) is 62.2 Å². The maximum atomic E-state index is 12.2. The Hall–Kier alpha value is -2.73. The molecule has 0 radical (unpaired) electrons. The highest BCUT2D eigenvalue weighted by atomic mass is 79.9. The van der Waals surface area contributed by atoms with Crippen LogP contribution < -0.4 is 15.4 Å². The minimum atomic E-state index is -0.757. The summed E-state index contributed by atoms with van der Waals surface area (Å²) in [5, 5.41) is 27.7. The van der Waals surface area contributed by atoms with Gasteiger partial charge < -0.3 is 39.3 Å². The van der Waals surface area contributed by atoms with Crippen LogP contribution in [0.4, 0.5) is 4.79 Å². The molecule has 0 bridgehead atoms. The van der Waals surface area contributed by atoms with Crippen molar-refractivity contribution in [2.75, 3.05) is 52.0 Å². The van der Waals surface area contributed by atoms with Crippen LogP contribution in [0.1, 0.15) is 38.5 Å². The van der Waals surface area contributed by atoms with Gasteiger partial charge in [0, 0.05) is 61.2 Å². The van der Waals surface area contributed by atoms with E-state index in [1.165, 1.54) is 0 Å². The number of amides is 2. The lowest BCUT2D eigenvalue weighted by Crippen LogP contribution is -2.36. The van der Waals surface area contributed by atoms with E-state index in [-0.39, 0.29) is 30.5 Å². The number of aliphatic hydroxyl groups is 1. The number of fused-ring (bicyclic) bond motifs is 4. The zero-order valence-electron chi connectivity index (χ0n) is 29.0. The number of urea groups is 1. The summed E-state index contributed by atoms with van der Waals surface area (Å²) >= 11 is 9.06. The largest absolute Gasteiger partial charge is 0.473 e. The normalized spacial score (nSPS) is 18.9. The molecule has 2 amide bonds. The number of nitrogens with zero attached hydrogens (tertiary/aromatic N) is 4. The fraction of sp³-hybridized carbons (Fsp3) is 0.556. The zero-order valence-corrected chi connectivity index (χ0v) is 33.0. The Kier molecular flexibility index (Phi) is 14.7. The molecule has 0 spiro atoms. The van der Waals surface area contributed by atoms with E-state index < -0.39 is 6.10 Å². The average molecular weight is 867 g/mol. The van der Waals surface area contributed by atoms with Crippen molar-refractivity contribution >= 4 is 77.2 Å². The van der Waals surface area contributed by atoms with Gasteiger partial charge in [-0.15, -0.1) is 0 Å². The summed E-state index contributed by atoms with van der Waals surface area (Å²) in [5.74, 6) is 1.59. The molecular weight excluding hydrogens is 820 g/mol. The molecule has 1 unspecified atom stereocenters. The number of nitrogens with one attached hydrogen (secondary N) is 2. The molecule has 2 fully saturated rings.